The summed E-state index contributed by atoms with van der Waals surface area (Å²) >= 11 is 0. The molecule has 3 aromatic rings. The highest BCUT2D eigenvalue weighted by Gasteiger charge is 2.15. The molecule has 0 aliphatic heterocycles. The molecular weight excluding hydrogens is 259 g/mol. The minimum absolute atomic E-state index is 0.0463. The molecule has 0 fully saturated rings. The summed E-state index contributed by atoms with van der Waals surface area (Å²) in [6, 6.07) is 11.3. The van der Waals surface area contributed by atoms with Gasteiger partial charge in [0.1, 0.15) is 17.4 Å². The van der Waals surface area contributed by atoms with Crippen LogP contribution < -0.4 is 0 Å². The van der Waals surface area contributed by atoms with E-state index in [1.54, 1.807) is 0 Å². The smallest absolute Gasteiger partial charge is 0.144 e. The van der Waals surface area contributed by atoms with Crippen LogP contribution in [0.2, 0.25) is 0 Å². The van der Waals surface area contributed by atoms with E-state index in [1.807, 2.05) is 28.8 Å². The van der Waals surface area contributed by atoms with Crippen LogP contribution in [0.1, 0.15) is 0 Å². The molecule has 0 saturated heterocycles. The fourth-order valence-electron chi connectivity index (χ4n) is 2.30. The van der Waals surface area contributed by atoms with Crippen molar-refractivity contribution in [2.75, 3.05) is 6.61 Å². The lowest BCUT2D eigenvalue weighted by Gasteiger charge is -2.08. The van der Waals surface area contributed by atoms with Crippen LogP contribution in [0.15, 0.2) is 42.5 Å². The summed E-state index contributed by atoms with van der Waals surface area (Å²) in [6.45, 7) is 0.308. The van der Waals surface area contributed by atoms with Gasteiger partial charge in [0, 0.05) is 12.6 Å². The minimum atomic E-state index is -0.504. The van der Waals surface area contributed by atoms with Crippen molar-refractivity contribution in [2.45, 2.75) is 6.54 Å². The van der Waals surface area contributed by atoms with Crippen molar-refractivity contribution in [3.05, 3.63) is 48.3 Å². The number of halogens is 1. The highest BCUT2D eigenvalue weighted by molar-refractivity contribution is 5.81. The van der Waals surface area contributed by atoms with Crippen LogP contribution >= 0.6 is 0 Å². The van der Waals surface area contributed by atoms with E-state index in [4.69, 9.17) is 0 Å². The lowest BCUT2D eigenvalue weighted by Crippen LogP contribution is -2.04. The van der Waals surface area contributed by atoms with Gasteiger partial charge in [0.25, 0.3) is 0 Å². The molecule has 20 heavy (non-hydrogen) atoms. The SMILES string of the molecule is OCCn1c(-c2ccc(F)cc2O)nc2ccccc21. The second-order valence-electron chi connectivity index (χ2n) is 4.46. The Hall–Kier alpha value is -2.40. The van der Waals surface area contributed by atoms with Crippen molar-refractivity contribution in [3.8, 4) is 17.1 Å². The van der Waals surface area contributed by atoms with Gasteiger partial charge in [-0.15, -0.1) is 0 Å². The molecule has 0 amide bonds. The Bertz CT molecular complexity index is 768. The normalized spacial score (nSPS) is 11.1. The predicted molar refractivity (Wildman–Crippen MR) is 73.9 cm³/mol. The van der Waals surface area contributed by atoms with E-state index in [0.29, 0.717) is 17.9 Å². The Morgan fingerprint density at radius 3 is 2.70 bits per heavy atom. The highest BCUT2D eigenvalue weighted by Crippen LogP contribution is 2.31. The van der Waals surface area contributed by atoms with Gasteiger partial charge in [0.15, 0.2) is 0 Å². The largest absolute Gasteiger partial charge is 0.507 e. The molecule has 102 valence electrons. The maximum atomic E-state index is 13.1. The molecule has 5 heteroatoms. The Kier molecular flexibility index (Phi) is 3.12. The second-order valence-corrected chi connectivity index (χ2v) is 4.46. The number of fused-ring (bicyclic) bond motifs is 1. The summed E-state index contributed by atoms with van der Waals surface area (Å²) in [5.41, 5.74) is 2.07. The number of rotatable bonds is 3. The van der Waals surface area contributed by atoms with Crippen LogP contribution in [0.3, 0.4) is 0 Å². The van der Waals surface area contributed by atoms with Crippen molar-refractivity contribution < 1.29 is 14.6 Å². The third kappa shape index (κ3) is 2.02. The first kappa shape index (κ1) is 12.6. The molecule has 4 nitrogen and oxygen atoms in total. The molecular formula is C15H13FN2O2. The highest BCUT2D eigenvalue weighted by atomic mass is 19.1. The van der Waals surface area contributed by atoms with Gasteiger partial charge < -0.3 is 14.8 Å². The monoisotopic (exact) mass is 272 g/mol. The number of nitrogens with zero attached hydrogens (tertiary/aromatic N) is 2. The van der Waals surface area contributed by atoms with Crippen LogP contribution in [-0.4, -0.2) is 26.4 Å². The van der Waals surface area contributed by atoms with Gasteiger partial charge in [-0.1, -0.05) is 12.1 Å². The number of benzene rings is 2. The summed E-state index contributed by atoms with van der Waals surface area (Å²) < 4.78 is 14.9. The van der Waals surface area contributed by atoms with Crippen molar-refractivity contribution in [2.24, 2.45) is 0 Å². The number of phenols is 1. The van der Waals surface area contributed by atoms with Gasteiger partial charge in [-0.25, -0.2) is 9.37 Å². The molecule has 1 heterocycles. The first-order chi connectivity index (χ1) is 9.70. The molecule has 0 atom stereocenters. The molecule has 3 rings (SSSR count). The molecule has 0 spiro atoms. The van der Waals surface area contributed by atoms with Crippen LogP contribution in [0.5, 0.6) is 5.75 Å². The van der Waals surface area contributed by atoms with Gasteiger partial charge in [-0.05, 0) is 24.3 Å². The van der Waals surface area contributed by atoms with Gasteiger partial charge in [-0.3, -0.25) is 0 Å². The molecule has 1 aromatic heterocycles. The van der Waals surface area contributed by atoms with Crippen LogP contribution in [-0.2, 0) is 6.54 Å². The number of hydrogen-bond donors (Lipinski definition) is 2. The number of para-hydroxylation sites is 2. The van der Waals surface area contributed by atoms with Crippen LogP contribution in [0.4, 0.5) is 4.39 Å². The number of aromatic hydroxyl groups is 1. The molecule has 0 radical (unpaired) electrons. The Balaban J connectivity index is 2.26. The van der Waals surface area contributed by atoms with Gasteiger partial charge in [-0.2, -0.15) is 0 Å². The minimum Gasteiger partial charge on any atom is -0.507 e. The quantitative estimate of drug-likeness (QED) is 0.770. The Labute approximate surface area is 114 Å². The third-order valence-electron chi connectivity index (χ3n) is 3.18. The average Bonchev–Trinajstić information content (AvgIpc) is 2.78. The Morgan fingerprint density at radius 2 is 1.95 bits per heavy atom. The predicted octanol–water partition coefficient (Wildman–Crippen LogP) is 2.54. The number of aliphatic hydroxyl groups excluding tert-OH is 1. The van der Waals surface area contributed by atoms with E-state index >= 15 is 0 Å². The molecule has 2 N–H and O–H groups in total. The number of imidazole rings is 1. The summed E-state index contributed by atoms with van der Waals surface area (Å²) in [6.07, 6.45) is 0. The zero-order valence-electron chi connectivity index (χ0n) is 10.6. The fourth-order valence-corrected chi connectivity index (χ4v) is 2.30. The molecule has 0 saturated carbocycles. The van der Waals surface area contributed by atoms with Crippen molar-refractivity contribution in [3.63, 3.8) is 0 Å². The summed E-state index contributed by atoms with van der Waals surface area (Å²) in [7, 11) is 0. The van der Waals surface area contributed by atoms with Crippen molar-refractivity contribution >= 4 is 11.0 Å². The van der Waals surface area contributed by atoms with E-state index < -0.39 is 5.82 Å². The second kappa shape index (κ2) is 4.94. The number of hydrogen-bond acceptors (Lipinski definition) is 3. The van der Waals surface area contributed by atoms with Gasteiger partial charge >= 0.3 is 0 Å². The summed E-state index contributed by atoms with van der Waals surface area (Å²) in [5.74, 6) is -0.159. The van der Waals surface area contributed by atoms with E-state index in [0.717, 1.165) is 17.1 Å². The standard InChI is InChI=1S/C15H13FN2O2/c16-10-5-6-11(14(20)9-10)15-17-12-3-1-2-4-13(12)18(15)7-8-19/h1-6,9,19-20H,7-8H2. The summed E-state index contributed by atoms with van der Waals surface area (Å²) in [4.78, 5) is 4.46. The van der Waals surface area contributed by atoms with Crippen molar-refractivity contribution in [1.82, 2.24) is 9.55 Å². The molecule has 0 aliphatic rings. The zero-order chi connectivity index (χ0) is 14.1. The van der Waals surface area contributed by atoms with E-state index in [-0.39, 0.29) is 12.4 Å². The number of aliphatic hydroxyl groups is 1. The zero-order valence-corrected chi connectivity index (χ0v) is 10.6. The van der Waals surface area contributed by atoms with E-state index in [9.17, 15) is 14.6 Å². The lowest BCUT2D eigenvalue weighted by atomic mass is 10.2. The van der Waals surface area contributed by atoms with Gasteiger partial charge in [0.05, 0.1) is 23.2 Å². The fraction of sp³-hybridized carbons (Fsp3) is 0.133. The lowest BCUT2D eigenvalue weighted by molar-refractivity contribution is 0.278. The van der Waals surface area contributed by atoms with E-state index in [1.165, 1.54) is 12.1 Å². The maximum absolute atomic E-state index is 13.1. The first-order valence-electron chi connectivity index (χ1n) is 6.25. The van der Waals surface area contributed by atoms with E-state index in [2.05, 4.69) is 4.98 Å². The molecule has 2 aromatic carbocycles. The average molecular weight is 272 g/mol. The molecule has 0 unspecified atom stereocenters. The molecule has 0 aliphatic carbocycles. The van der Waals surface area contributed by atoms with Crippen molar-refractivity contribution in [1.29, 1.82) is 0 Å². The first-order valence-corrected chi connectivity index (χ1v) is 6.25. The van der Waals surface area contributed by atoms with Gasteiger partial charge in [0.2, 0.25) is 0 Å². The number of phenolic OH excluding ortho intramolecular Hbond substituents is 1. The van der Waals surface area contributed by atoms with Crippen LogP contribution in [0.25, 0.3) is 22.4 Å². The molecule has 0 bridgehead atoms. The number of aromatic nitrogens is 2. The topological polar surface area (TPSA) is 58.3 Å². The Morgan fingerprint density at radius 1 is 1.15 bits per heavy atom. The third-order valence-corrected chi connectivity index (χ3v) is 3.18. The summed E-state index contributed by atoms with van der Waals surface area (Å²) in [5, 5.41) is 19.1. The maximum Gasteiger partial charge on any atom is 0.144 e. The van der Waals surface area contributed by atoms with Crippen LogP contribution in [0, 0.1) is 5.82 Å².